The zero-order valence-corrected chi connectivity index (χ0v) is 39.5. The molecule has 0 bridgehead atoms. The second kappa shape index (κ2) is 41.5. The van der Waals surface area contributed by atoms with Crippen LogP contribution in [0.15, 0.2) is 85.1 Å². The van der Waals surface area contributed by atoms with Crippen LogP contribution in [-0.2, 0) is 32.7 Å². The largest absolute Gasteiger partial charge is 0.756 e. The fourth-order valence-electron chi connectivity index (χ4n) is 5.84. The van der Waals surface area contributed by atoms with Gasteiger partial charge in [-0.25, -0.2) is 0 Å². The van der Waals surface area contributed by atoms with E-state index < -0.39 is 32.5 Å². The Labute approximate surface area is 367 Å². The van der Waals surface area contributed by atoms with Gasteiger partial charge >= 0.3 is 11.9 Å². The van der Waals surface area contributed by atoms with E-state index in [2.05, 4.69) is 98.9 Å². The Balaban J connectivity index is 4.36. The van der Waals surface area contributed by atoms with Crippen LogP contribution in [0.4, 0.5) is 0 Å². The first-order valence-electron chi connectivity index (χ1n) is 23.3. The molecule has 0 aliphatic carbocycles. The van der Waals surface area contributed by atoms with Crippen molar-refractivity contribution in [2.75, 3.05) is 47.5 Å². The van der Waals surface area contributed by atoms with Crippen LogP contribution < -0.4 is 4.89 Å². The Morgan fingerprint density at radius 3 is 1.33 bits per heavy atom. The third-order valence-electron chi connectivity index (χ3n) is 9.41. The first-order chi connectivity index (χ1) is 29.0. The van der Waals surface area contributed by atoms with E-state index >= 15 is 0 Å². The summed E-state index contributed by atoms with van der Waals surface area (Å²) in [5.74, 6) is -0.871. The van der Waals surface area contributed by atoms with Crippen LogP contribution in [0, 0.1) is 0 Å². The number of hydrogen-bond donors (Lipinski definition) is 0. The van der Waals surface area contributed by atoms with Crippen molar-refractivity contribution >= 4 is 19.8 Å². The molecule has 0 aliphatic rings. The second-order valence-corrected chi connectivity index (χ2v) is 17.8. The predicted octanol–water partition coefficient (Wildman–Crippen LogP) is 12.9. The molecule has 2 unspecified atom stereocenters. The second-order valence-electron chi connectivity index (χ2n) is 16.4. The summed E-state index contributed by atoms with van der Waals surface area (Å²) >= 11 is 0. The van der Waals surface area contributed by atoms with Crippen molar-refractivity contribution in [1.29, 1.82) is 0 Å². The van der Waals surface area contributed by atoms with Crippen LogP contribution >= 0.6 is 7.82 Å². The quantitative estimate of drug-likeness (QED) is 0.0196. The standard InChI is InChI=1S/C50H86NO8P/c1-6-8-10-12-14-16-18-20-22-23-24-25-26-27-29-31-33-35-37-39-41-43-50(53)59-48(47-58-60(54,55)57-45-44-51(3,4)5)46-56-49(52)42-40-38-36-34-32-30-28-21-19-17-15-13-11-9-7-2/h8-11,14-17,20-22,24-25,28,48H,6-7,12-13,18-19,23,26-27,29-47H2,1-5H3/b10-8-,11-9-,16-14-,17-15-,22-20-,25-24-,28-21-. The number of carbonyl (C=O) groups excluding carboxylic acids is 2. The van der Waals surface area contributed by atoms with Gasteiger partial charge in [-0.2, -0.15) is 0 Å². The Bertz CT molecular complexity index is 1290. The number of nitrogens with zero attached hydrogens (tertiary/aromatic N) is 1. The van der Waals surface area contributed by atoms with Gasteiger partial charge in [-0.15, -0.1) is 0 Å². The SMILES string of the molecule is CC/C=C\C/C=C\C/C=C\C/C=C\CCCCCCCCCCC(=O)OC(COC(=O)CCCCCCC/C=C\C/C=C\C/C=C\CC)COP(=O)([O-])OCC[N+](C)(C)C. The minimum Gasteiger partial charge on any atom is -0.756 e. The lowest BCUT2D eigenvalue weighted by Gasteiger charge is -2.28. The molecule has 0 fully saturated rings. The highest BCUT2D eigenvalue weighted by Crippen LogP contribution is 2.38. The molecule has 60 heavy (non-hydrogen) atoms. The molecule has 0 aromatic heterocycles. The van der Waals surface area contributed by atoms with Gasteiger partial charge in [0.15, 0.2) is 6.10 Å². The van der Waals surface area contributed by atoms with Crippen molar-refractivity contribution in [1.82, 2.24) is 0 Å². The predicted molar refractivity (Wildman–Crippen MR) is 249 cm³/mol. The summed E-state index contributed by atoms with van der Waals surface area (Å²) in [6, 6.07) is 0. The molecule has 2 atom stereocenters. The highest BCUT2D eigenvalue weighted by atomic mass is 31.2. The third kappa shape index (κ3) is 44.7. The molecule has 0 heterocycles. The summed E-state index contributed by atoms with van der Waals surface area (Å²) in [5.41, 5.74) is 0. The molecular weight excluding hydrogens is 774 g/mol. The fourth-order valence-corrected chi connectivity index (χ4v) is 6.56. The summed E-state index contributed by atoms with van der Waals surface area (Å²) in [6.07, 6.45) is 53.2. The first-order valence-corrected chi connectivity index (χ1v) is 24.8. The normalized spacial score (nSPS) is 14.3. The van der Waals surface area contributed by atoms with Gasteiger partial charge in [0, 0.05) is 12.8 Å². The minimum absolute atomic E-state index is 0.0402. The van der Waals surface area contributed by atoms with Gasteiger partial charge in [-0.3, -0.25) is 14.2 Å². The Kier molecular flexibility index (Phi) is 39.6. The van der Waals surface area contributed by atoms with Crippen LogP contribution in [0.2, 0.25) is 0 Å². The maximum atomic E-state index is 12.7. The topological polar surface area (TPSA) is 111 Å². The molecule has 0 saturated carbocycles. The molecule has 344 valence electrons. The first kappa shape index (κ1) is 57.2. The van der Waals surface area contributed by atoms with E-state index in [0.717, 1.165) is 103 Å². The molecule has 0 spiro atoms. The van der Waals surface area contributed by atoms with E-state index in [1.54, 1.807) is 0 Å². The van der Waals surface area contributed by atoms with E-state index in [9.17, 15) is 19.0 Å². The average molecular weight is 860 g/mol. The van der Waals surface area contributed by atoms with Gasteiger partial charge in [-0.1, -0.05) is 157 Å². The summed E-state index contributed by atoms with van der Waals surface area (Å²) < 4.78 is 33.9. The molecule has 9 nitrogen and oxygen atoms in total. The zero-order chi connectivity index (χ0) is 44.3. The zero-order valence-electron chi connectivity index (χ0n) is 38.6. The van der Waals surface area contributed by atoms with Gasteiger partial charge in [0.05, 0.1) is 27.7 Å². The Morgan fingerprint density at radius 1 is 0.517 bits per heavy atom. The number of phosphoric acid groups is 1. The van der Waals surface area contributed by atoms with E-state index in [4.69, 9.17) is 18.5 Å². The van der Waals surface area contributed by atoms with E-state index in [-0.39, 0.29) is 26.1 Å². The Hall–Kier alpha value is -2.81. The van der Waals surface area contributed by atoms with Crippen molar-refractivity contribution in [3.05, 3.63) is 85.1 Å². The van der Waals surface area contributed by atoms with Crippen LogP contribution in [0.3, 0.4) is 0 Å². The Morgan fingerprint density at radius 2 is 0.900 bits per heavy atom. The maximum Gasteiger partial charge on any atom is 0.306 e. The highest BCUT2D eigenvalue weighted by Gasteiger charge is 2.21. The molecule has 0 N–H and O–H groups in total. The number of ether oxygens (including phenoxy) is 2. The van der Waals surface area contributed by atoms with Crippen LogP contribution in [0.5, 0.6) is 0 Å². The lowest BCUT2D eigenvalue weighted by Crippen LogP contribution is -2.37. The molecule has 0 aliphatic heterocycles. The molecule has 0 rings (SSSR count). The molecule has 10 heteroatoms. The molecule has 0 aromatic rings. The van der Waals surface area contributed by atoms with Gasteiger partial charge in [-0.05, 0) is 83.5 Å². The summed E-state index contributed by atoms with van der Waals surface area (Å²) in [5, 5.41) is 0. The number of hydrogen-bond acceptors (Lipinski definition) is 8. The number of quaternary nitrogens is 1. The molecule has 0 saturated heterocycles. The highest BCUT2D eigenvalue weighted by molar-refractivity contribution is 7.45. The lowest BCUT2D eigenvalue weighted by molar-refractivity contribution is -0.870. The van der Waals surface area contributed by atoms with Crippen molar-refractivity contribution in [3.8, 4) is 0 Å². The number of carbonyl (C=O) groups is 2. The average Bonchev–Trinajstić information content (AvgIpc) is 3.20. The number of rotatable bonds is 41. The van der Waals surface area contributed by atoms with Crippen LogP contribution in [-0.4, -0.2) is 70.0 Å². The minimum atomic E-state index is -4.64. The van der Waals surface area contributed by atoms with E-state index in [0.29, 0.717) is 23.9 Å². The number of unbranched alkanes of at least 4 members (excludes halogenated alkanes) is 13. The maximum absolute atomic E-state index is 12.7. The number of esters is 2. The van der Waals surface area contributed by atoms with Gasteiger partial charge in [0.2, 0.25) is 0 Å². The van der Waals surface area contributed by atoms with Gasteiger partial charge in [0.1, 0.15) is 19.8 Å². The van der Waals surface area contributed by atoms with E-state index in [1.165, 1.54) is 25.7 Å². The monoisotopic (exact) mass is 860 g/mol. The summed E-state index contributed by atoms with van der Waals surface area (Å²) in [7, 11) is 1.13. The fraction of sp³-hybridized carbons (Fsp3) is 0.680. The summed E-state index contributed by atoms with van der Waals surface area (Å²) in [4.78, 5) is 37.6. The van der Waals surface area contributed by atoms with Crippen LogP contribution in [0.1, 0.15) is 168 Å². The van der Waals surface area contributed by atoms with Crippen molar-refractivity contribution in [2.24, 2.45) is 0 Å². The van der Waals surface area contributed by atoms with Crippen molar-refractivity contribution in [3.63, 3.8) is 0 Å². The van der Waals surface area contributed by atoms with Crippen molar-refractivity contribution < 1.29 is 42.1 Å². The number of allylic oxidation sites excluding steroid dienone is 14. The smallest absolute Gasteiger partial charge is 0.306 e. The summed E-state index contributed by atoms with van der Waals surface area (Å²) in [6.45, 7) is 3.96. The molecule has 0 aromatic carbocycles. The van der Waals surface area contributed by atoms with E-state index in [1.807, 2.05) is 21.1 Å². The number of likely N-dealkylation sites (N-methyl/N-ethyl adjacent to an activating group) is 1. The molecule has 0 amide bonds. The lowest BCUT2D eigenvalue weighted by atomic mass is 10.1. The van der Waals surface area contributed by atoms with Crippen LogP contribution in [0.25, 0.3) is 0 Å². The third-order valence-corrected chi connectivity index (χ3v) is 10.4. The molecule has 0 radical (unpaired) electrons. The van der Waals surface area contributed by atoms with Gasteiger partial charge < -0.3 is 27.9 Å². The van der Waals surface area contributed by atoms with Crippen molar-refractivity contribution in [2.45, 2.75) is 174 Å². The van der Waals surface area contributed by atoms with Gasteiger partial charge in [0.25, 0.3) is 7.82 Å². The molecular formula is C50H86NO8P. The number of phosphoric ester groups is 1.